The van der Waals surface area contributed by atoms with Crippen LogP contribution in [0.4, 0.5) is 4.39 Å². The Morgan fingerprint density at radius 1 is 1.03 bits per heavy atom. The SMILES string of the molecule is Cc1ccc(-n2nc(-c3c(C)nc4c(OCc5c(F)cccc5Cl)cccn4c3=O)cc2C)c(C)c1. The number of pyridine rings is 1. The number of fused-ring (bicyclic) bond motifs is 1. The topological polar surface area (TPSA) is 61.4 Å². The molecule has 5 rings (SSSR count). The second kappa shape index (κ2) is 9.24. The number of benzene rings is 2. The van der Waals surface area contributed by atoms with Crippen LogP contribution in [0.5, 0.6) is 5.75 Å². The van der Waals surface area contributed by atoms with E-state index in [1.54, 1.807) is 31.3 Å². The second-order valence-electron chi connectivity index (χ2n) is 8.81. The second-order valence-corrected chi connectivity index (χ2v) is 9.21. The van der Waals surface area contributed by atoms with Crippen LogP contribution < -0.4 is 10.3 Å². The summed E-state index contributed by atoms with van der Waals surface area (Å²) in [5.74, 6) is -0.110. The van der Waals surface area contributed by atoms with Gasteiger partial charge in [-0.15, -0.1) is 0 Å². The Bertz CT molecular complexity index is 1670. The lowest BCUT2D eigenvalue weighted by Gasteiger charge is -2.12. The van der Waals surface area contributed by atoms with Crippen molar-refractivity contribution in [3.05, 3.63) is 110 Å². The summed E-state index contributed by atoms with van der Waals surface area (Å²) < 4.78 is 23.3. The smallest absolute Gasteiger partial charge is 0.267 e. The van der Waals surface area contributed by atoms with Crippen molar-refractivity contribution < 1.29 is 9.13 Å². The molecule has 6 nitrogen and oxygen atoms in total. The third-order valence-electron chi connectivity index (χ3n) is 6.16. The number of ether oxygens (including phenoxy) is 1. The number of aryl methyl sites for hydroxylation is 4. The zero-order valence-corrected chi connectivity index (χ0v) is 21.1. The minimum Gasteiger partial charge on any atom is -0.485 e. The molecular weight excluding hydrogens is 479 g/mol. The van der Waals surface area contributed by atoms with Gasteiger partial charge in [-0.25, -0.2) is 14.1 Å². The molecule has 0 aliphatic carbocycles. The van der Waals surface area contributed by atoms with Crippen LogP contribution in [-0.4, -0.2) is 19.2 Å². The lowest BCUT2D eigenvalue weighted by Crippen LogP contribution is -2.19. The van der Waals surface area contributed by atoms with Crippen molar-refractivity contribution in [1.82, 2.24) is 19.2 Å². The fourth-order valence-electron chi connectivity index (χ4n) is 4.35. The van der Waals surface area contributed by atoms with Crippen LogP contribution >= 0.6 is 11.6 Å². The van der Waals surface area contributed by atoms with Crippen LogP contribution in [0.1, 0.15) is 28.1 Å². The van der Waals surface area contributed by atoms with Crippen molar-refractivity contribution >= 4 is 17.2 Å². The van der Waals surface area contributed by atoms with E-state index in [0.717, 1.165) is 16.9 Å². The predicted octanol–water partition coefficient (Wildman–Crippen LogP) is 6.15. The largest absolute Gasteiger partial charge is 0.485 e. The molecule has 0 aliphatic rings. The lowest BCUT2D eigenvalue weighted by molar-refractivity contribution is 0.301. The number of halogens is 2. The summed E-state index contributed by atoms with van der Waals surface area (Å²) in [6.07, 6.45) is 1.63. The van der Waals surface area contributed by atoms with Gasteiger partial charge >= 0.3 is 0 Å². The van der Waals surface area contributed by atoms with Gasteiger partial charge in [-0.1, -0.05) is 35.4 Å². The highest BCUT2D eigenvalue weighted by molar-refractivity contribution is 6.31. The van der Waals surface area contributed by atoms with Crippen molar-refractivity contribution in [2.24, 2.45) is 0 Å². The van der Waals surface area contributed by atoms with Crippen molar-refractivity contribution in [3.63, 3.8) is 0 Å². The highest BCUT2D eigenvalue weighted by atomic mass is 35.5. The predicted molar refractivity (Wildman–Crippen MR) is 139 cm³/mol. The average molecular weight is 503 g/mol. The van der Waals surface area contributed by atoms with Gasteiger partial charge in [0.05, 0.1) is 22.0 Å². The molecule has 0 spiro atoms. The monoisotopic (exact) mass is 502 g/mol. The molecule has 3 heterocycles. The van der Waals surface area contributed by atoms with Crippen molar-refractivity contribution in [2.75, 3.05) is 0 Å². The lowest BCUT2D eigenvalue weighted by atomic mass is 10.1. The zero-order chi connectivity index (χ0) is 25.6. The first-order valence-corrected chi connectivity index (χ1v) is 11.8. The molecule has 0 bridgehead atoms. The normalized spacial score (nSPS) is 11.3. The van der Waals surface area contributed by atoms with E-state index in [9.17, 15) is 9.18 Å². The average Bonchev–Trinajstić information content (AvgIpc) is 3.19. The van der Waals surface area contributed by atoms with E-state index < -0.39 is 5.82 Å². The third kappa shape index (κ3) is 4.16. The minimum atomic E-state index is -0.457. The maximum Gasteiger partial charge on any atom is 0.267 e. The molecule has 0 atom stereocenters. The van der Waals surface area contributed by atoms with Gasteiger partial charge in [-0.3, -0.25) is 9.20 Å². The summed E-state index contributed by atoms with van der Waals surface area (Å²) >= 11 is 6.13. The maximum absolute atomic E-state index is 14.2. The fraction of sp³-hybridized carbons (Fsp3) is 0.179. The van der Waals surface area contributed by atoms with E-state index >= 15 is 0 Å². The number of hydrogen-bond donors (Lipinski definition) is 0. The summed E-state index contributed by atoms with van der Waals surface area (Å²) in [4.78, 5) is 18.3. The Balaban J connectivity index is 1.57. The molecule has 0 saturated carbocycles. The number of hydrogen-bond acceptors (Lipinski definition) is 4. The first kappa shape index (κ1) is 23.8. The summed E-state index contributed by atoms with van der Waals surface area (Å²) in [6, 6.07) is 15.9. The molecular formula is C28H24ClFN4O2. The van der Waals surface area contributed by atoms with Gasteiger partial charge in [0, 0.05) is 17.5 Å². The standard InChI is InChI=1S/C28H24ClFN4O2/c1-16-10-11-24(17(2)13-16)34-18(3)14-23(32-34)26-19(4)31-27-25(9-6-12-33(27)28(26)35)36-15-20-21(29)7-5-8-22(20)30/h5-14H,15H2,1-4H3. The number of aromatic nitrogens is 4. The number of rotatable bonds is 5. The highest BCUT2D eigenvalue weighted by Crippen LogP contribution is 2.27. The Morgan fingerprint density at radius 2 is 1.83 bits per heavy atom. The summed E-state index contributed by atoms with van der Waals surface area (Å²) in [5.41, 5.74) is 5.90. The molecule has 8 heteroatoms. The fourth-order valence-corrected chi connectivity index (χ4v) is 4.57. The van der Waals surface area contributed by atoms with Crippen molar-refractivity contribution in [2.45, 2.75) is 34.3 Å². The third-order valence-corrected chi connectivity index (χ3v) is 6.51. The first-order chi connectivity index (χ1) is 17.2. The van der Waals surface area contributed by atoms with Gasteiger partial charge in [0.2, 0.25) is 0 Å². The van der Waals surface area contributed by atoms with Crippen LogP contribution in [0, 0.1) is 33.5 Å². The van der Waals surface area contributed by atoms with Crippen molar-refractivity contribution in [1.29, 1.82) is 0 Å². The number of nitrogens with zero attached hydrogens (tertiary/aromatic N) is 4. The molecule has 3 aromatic heterocycles. The molecule has 0 radical (unpaired) electrons. The van der Waals surface area contributed by atoms with E-state index in [2.05, 4.69) is 11.1 Å². The van der Waals surface area contributed by atoms with Gasteiger partial charge in [0.25, 0.3) is 5.56 Å². The van der Waals surface area contributed by atoms with Crippen LogP contribution in [0.3, 0.4) is 0 Å². The van der Waals surface area contributed by atoms with E-state index in [-0.39, 0.29) is 22.8 Å². The van der Waals surface area contributed by atoms with Gasteiger partial charge < -0.3 is 4.74 Å². The first-order valence-electron chi connectivity index (χ1n) is 11.5. The minimum absolute atomic E-state index is 0.0959. The van der Waals surface area contributed by atoms with Crippen LogP contribution in [0.15, 0.2) is 65.6 Å². The van der Waals surface area contributed by atoms with Gasteiger partial charge in [-0.05, 0) is 69.7 Å². The van der Waals surface area contributed by atoms with E-state index in [1.807, 2.05) is 43.7 Å². The Morgan fingerprint density at radius 3 is 2.58 bits per heavy atom. The molecule has 0 aliphatic heterocycles. The maximum atomic E-state index is 14.2. The van der Waals surface area contributed by atoms with Gasteiger partial charge in [0.15, 0.2) is 11.4 Å². The quantitative estimate of drug-likeness (QED) is 0.289. The van der Waals surface area contributed by atoms with Crippen molar-refractivity contribution in [3.8, 4) is 22.7 Å². The molecule has 0 N–H and O–H groups in total. The van der Waals surface area contributed by atoms with Crippen LogP contribution in [-0.2, 0) is 6.61 Å². The Labute approximate surface area is 212 Å². The molecule has 182 valence electrons. The van der Waals surface area contributed by atoms with E-state index in [4.69, 9.17) is 21.4 Å². The molecule has 5 aromatic rings. The van der Waals surface area contributed by atoms with Gasteiger partial charge in [-0.2, -0.15) is 5.10 Å². The molecule has 0 amide bonds. The molecule has 36 heavy (non-hydrogen) atoms. The van der Waals surface area contributed by atoms with Crippen LogP contribution in [0.2, 0.25) is 5.02 Å². The molecule has 0 fully saturated rings. The zero-order valence-electron chi connectivity index (χ0n) is 20.3. The Kier molecular flexibility index (Phi) is 6.10. The molecule has 2 aromatic carbocycles. The van der Waals surface area contributed by atoms with E-state index in [1.165, 1.54) is 22.1 Å². The summed E-state index contributed by atoms with van der Waals surface area (Å²) in [5, 5.41) is 5.03. The molecule has 0 saturated heterocycles. The van der Waals surface area contributed by atoms with Crippen LogP contribution in [0.25, 0.3) is 22.6 Å². The highest BCUT2D eigenvalue weighted by Gasteiger charge is 2.19. The molecule has 0 unspecified atom stereocenters. The Hall–Kier alpha value is -3.97. The van der Waals surface area contributed by atoms with E-state index in [0.29, 0.717) is 28.3 Å². The van der Waals surface area contributed by atoms with Gasteiger partial charge in [0.1, 0.15) is 18.1 Å². The summed E-state index contributed by atoms with van der Waals surface area (Å²) in [6.45, 7) is 7.72. The summed E-state index contributed by atoms with van der Waals surface area (Å²) in [7, 11) is 0.